The van der Waals surface area contributed by atoms with Crippen molar-refractivity contribution >= 4 is 12.1 Å². The van der Waals surface area contributed by atoms with E-state index in [1.807, 2.05) is 0 Å². The van der Waals surface area contributed by atoms with Gasteiger partial charge in [-0.15, -0.1) is 5.10 Å². The summed E-state index contributed by atoms with van der Waals surface area (Å²) in [6.07, 6.45) is 2.35. The largest absolute Gasteiger partial charge is 0.481 e. The molecule has 1 atom stereocenters. The lowest BCUT2D eigenvalue weighted by Gasteiger charge is -2.31. The monoisotopic (exact) mass is 310 g/mol. The fraction of sp³-hybridized carbons (Fsp3) is 0.714. The Hall–Kier alpha value is -2.12. The van der Waals surface area contributed by atoms with Crippen LogP contribution in [-0.2, 0) is 9.53 Å². The van der Waals surface area contributed by atoms with Crippen LogP contribution in [0.4, 0.5) is 4.79 Å². The molecule has 1 aromatic rings. The van der Waals surface area contributed by atoms with Crippen LogP contribution in [0.5, 0.6) is 0 Å². The van der Waals surface area contributed by atoms with Crippen LogP contribution in [-0.4, -0.2) is 37.8 Å². The summed E-state index contributed by atoms with van der Waals surface area (Å²) >= 11 is 0. The van der Waals surface area contributed by atoms with Gasteiger partial charge in [0.1, 0.15) is 11.3 Å². The van der Waals surface area contributed by atoms with Gasteiger partial charge >= 0.3 is 12.1 Å². The average molecular weight is 310 g/mol. The molecule has 0 aliphatic heterocycles. The van der Waals surface area contributed by atoms with Crippen LogP contribution in [0.2, 0.25) is 0 Å². The van der Waals surface area contributed by atoms with Crippen LogP contribution in [0.25, 0.3) is 0 Å². The van der Waals surface area contributed by atoms with Gasteiger partial charge in [0, 0.05) is 0 Å². The molecule has 1 aliphatic carbocycles. The van der Waals surface area contributed by atoms with Crippen molar-refractivity contribution in [1.29, 1.82) is 0 Å². The Balaban J connectivity index is 1.89. The number of aliphatic carboxylic acids is 1. The first kappa shape index (κ1) is 16.3. The van der Waals surface area contributed by atoms with Crippen molar-refractivity contribution in [2.24, 2.45) is 5.92 Å². The van der Waals surface area contributed by atoms with Gasteiger partial charge < -0.3 is 15.2 Å². The topological polar surface area (TPSA) is 106 Å². The first-order valence-corrected chi connectivity index (χ1v) is 7.30. The molecular weight excluding hydrogens is 288 g/mol. The van der Waals surface area contributed by atoms with Crippen molar-refractivity contribution in [1.82, 2.24) is 20.3 Å². The Morgan fingerprint density at radius 1 is 1.45 bits per heavy atom. The number of carboxylic acids is 1. The quantitative estimate of drug-likeness (QED) is 0.879. The van der Waals surface area contributed by atoms with Gasteiger partial charge in [0.25, 0.3) is 0 Å². The van der Waals surface area contributed by atoms with Crippen LogP contribution < -0.4 is 5.32 Å². The van der Waals surface area contributed by atoms with Crippen molar-refractivity contribution in [2.45, 2.75) is 58.2 Å². The van der Waals surface area contributed by atoms with Gasteiger partial charge in [-0.1, -0.05) is 5.21 Å². The number of aromatic nitrogens is 3. The van der Waals surface area contributed by atoms with Crippen molar-refractivity contribution in [3.05, 3.63) is 11.9 Å². The first-order valence-electron chi connectivity index (χ1n) is 7.30. The highest BCUT2D eigenvalue weighted by molar-refractivity contribution is 5.71. The fourth-order valence-electron chi connectivity index (χ4n) is 2.23. The normalized spacial score (nSPS) is 22.5. The Kier molecular flexibility index (Phi) is 4.39. The molecule has 8 nitrogen and oxygen atoms in total. The number of nitrogens with one attached hydrogen (secondary N) is 1. The van der Waals surface area contributed by atoms with E-state index in [0.29, 0.717) is 18.5 Å². The summed E-state index contributed by atoms with van der Waals surface area (Å²) in [5.41, 5.74) is 0.0590. The molecule has 22 heavy (non-hydrogen) atoms. The van der Waals surface area contributed by atoms with Crippen molar-refractivity contribution in [3.63, 3.8) is 0 Å². The van der Waals surface area contributed by atoms with Crippen LogP contribution in [0.1, 0.15) is 58.3 Å². The first-order chi connectivity index (χ1) is 10.2. The van der Waals surface area contributed by atoms with Gasteiger partial charge in [0.05, 0.1) is 24.2 Å². The summed E-state index contributed by atoms with van der Waals surface area (Å²) in [5, 5.41) is 19.6. The number of carbonyl (C=O) groups excluding carboxylic acids is 1. The lowest BCUT2D eigenvalue weighted by molar-refractivity contribution is -0.146. The summed E-state index contributed by atoms with van der Waals surface area (Å²) in [7, 11) is 0. The molecule has 122 valence electrons. The zero-order valence-electron chi connectivity index (χ0n) is 13.2. The van der Waals surface area contributed by atoms with E-state index in [-0.39, 0.29) is 18.0 Å². The van der Waals surface area contributed by atoms with Crippen molar-refractivity contribution in [3.8, 4) is 0 Å². The summed E-state index contributed by atoms with van der Waals surface area (Å²) in [5.74, 6) is -1.06. The zero-order valence-corrected chi connectivity index (χ0v) is 13.2. The van der Waals surface area contributed by atoms with Gasteiger partial charge in [-0.25, -0.2) is 9.48 Å². The van der Waals surface area contributed by atoms with E-state index < -0.39 is 17.7 Å². The maximum Gasteiger partial charge on any atom is 0.408 e. The molecule has 0 spiro atoms. The molecule has 2 rings (SSSR count). The zero-order chi connectivity index (χ0) is 16.5. The number of hydrogen-bond donors (Lipinski definition) is 2. The number of carbonyl (C=O) groups is 2. The Morgan fingerprint density at radius 2 is 2.09 bits per heavy atom. The van der Waals surface area contributed by atoms with Gasteiger partial charge in [-0.05, 0) is 40.5 Å². The predicted octanol–water partition coefficient (Wildman–Crippen LogP) is 1.90. The molecule has 1 fully saturated rings. The summed E-state index contributed by atoms with van der Waals surface area (Å²) in [6.45, 7) is 7.17. The van der Waals surface area contributed by atoms with Gasteiger partial charge in [0.2, 0.25) is 0 Å². The molecule has 0 radical (unpaired) electrons. The van der Waals surface area contributed by atoms with Crippen molar-refractivity contribution in [2.75, 3.05) is 0 Å². The number of ether oxygens (including phenoxy) is 1. The van der Waals surface area contributed by atoms with E-state index in [1.54, 1.807) is 38.6 Å². The Labute approximate surface area is 128 Å². The maximum atomic E-state index is 11.7. The minimum atomic E-state index is -0.767. The molecule has 1 saturated carbocycles. The SMILES string of the molecule is CC(NC(=O)OC(C)(C)C)c1cn(C2CC(C(=O)O)C2)nn1. The van der Waals surface area contributed by atoms with E-state index in [1.165, 1.54) is 0 Å². The van der Waals surface area contributed by atoms with E-state index in [2.05, 4.69) is 15.6 Å². The van der Waals surface area contributed by atoms with Crippen LogP contribution in [0.15, 0.2) is 6.20 Å². The maximum absolute atomic E-state index is 11.7. The second-order valence-electron chi connectivity index (χ2n) is 6.65. The number of amides is 1. The van der Waals surface area contributed by atoms with Crippen LogP contribution >= 0.6 is 0 Å². The predicted molar refractivity (Wildman–Crippen MR) is 77.2 cm³/mol. The van der Waals surface area contributed by atoms with E-state index in [9.17, 15) is 9.59 Å². The van der Waals surface area contributed by atoms with Crippen molar-refractivity contribution < 1.29 is 19.4 Å². The smallest absolute Gasteiger partial charge is 0.408 e. The second kappa shape index (κ2) is 5.94. The Morgan fingerprint density at radius 3 is 2.64 bits per heavy atom. The van der Waals surface area contributed by atoms with Gasteiger partial charge in [0.15, 0.2) is 0 Å². The van der Waals surface area contributed by atoms with Crippen LogP contribution in [0, 0.1) is 5.92 Å². The summed E-state index contributed by atoms with van der Waals surface area (Å²) < 4.78 is 6.86. The third kappa shape index (κ3) is 3.96. The second-order valence-corrected chi connectivity index (χ2v) is 6.65. The lowest BCUT2D eigenvalue weighted by Crippen LogP contribution is -2.34. The molecule has 2 N–H and O–H groups in total. The van der Waals surface area contributed by atoms with E-state index in [0.717, 1.165) is 0 Å². The summed E-state index contributed by atoms with van der Waals surface area (Å²) in [6, 6.07) is -0.268. The molecule has 1 amide bonds. The molecule has 1 unspecified atom stereocenters. The van der Waals surface area contributed by atoms with Crippen LogP contribution in [0.3, 0.4) is 0 Å². The molecule has 1 aromatic heterocycles. The molecule has 0 aromatic carbocycles. The van der Waals surface area contributed by atoms with E-state index >= 15 is 0 Å². The minimum absolute atomic E-state index is 0.0658. The molecule has 0 bridgehead atoms. The molecular formula is C14H22N4O4. The highest BCUT2D eigenvalue weighted by Gasteiger charge is 2.36. The minimum Gasteiger partial charge on any atom is -0.481 e. The number of nitrogens with zero attached hydrogens (tertiary/aromatic N) is 3. The third-order valence-corrected chi connectivity index (χ3v) is 3.54. The molecule has 1 aliphatic rings. The molecule has 8 heteroatoms. The lowest BCUT2D eigenvalue weighted by atomic mass is 9.80. The standard InChI is InChI=1S/C14H22N4O4/c1-8(15-13(21)22-14(2,3)4)11-7-18(17-16-11)10-5-9(6-10)12(19)20/h7-10H,5-6H2,1-4H3,(H,15,21)(H,19,20). The summed E-state index contributed by atoms with van der Waals surface area (Å²) in [4.78, 5) is 22.5. The fourth-order valence-corrected chi connectivity index (χ4v) is 2.23. The number of carboxylic acid groups (broad SMARTS) is 1. The number of alkyl carbamates (subject to hydrolysis) is 1. The average Bonchev–Trinajstić information content (AvgIpc) is 2.72. The van der Waals surface area contributed by atoms with Gasteiger partial charge in [-0.2, -0.15) is 0 Å². The molecule has 1 heterocycles. The number of hydrogen-bond acceptors (Lipinski definition) is 5. The highest BCUT2D eigenvalue weighted by Crippen LogP contribution is 2.37. The number of rotatable bonds is 4. The highest BCUT2D eigenvalue weighted by atomic mass is 16.6. The van der Waals surface area contributed by atoms with Gasteiger partial charge in [-0.3, -0.25) is 4.79 Å². The third-order valence-electron chi connectivity index (χ3n) is 3.54. The van der Waals surface area contributed by atoms with E-state index in [4.69, 9.17) is 9.84 Å². The molecule has 0 saturated heterocycles. The Bertz CT molecular complexity index is 557.